The fourth-order valence-corrected chi connectivity index (χ4v) is 3.90. The number of piperidine rings is 1. The van der Waals surface area contributed by atoms with Crippen molar-refractivity contribution >= 4 is 34.3 Å². The molecule has 0 spiro atoms. The lowest BCUT2D eigenvalue weighted by atomic mass is 9.89. The molecule has 1 atom stereocenters. The van der Waals surface area contributed by atoms with Crippen LogP contribution in [0.5, 0.6) is 0 Å². The Kier molecular flexibility index (Phi) is 5.33. The van der Waals surface area contributed by atoms with Crippen molar-refractivity contribution in [3.8, 4) is 0 Å². The molecule has 1 amide bonds. The molecule has 1 saturated heterocycles. The number of likely N-dealkylation sites (tertiary alicyclic amines) is 1. The minimum absolute atomic E-state index is 0.0645. The van der Waals surface area contributed by atoms with E-state index in [1.165, 1.54) is 0 Å². The standard InChI is InChI=1S/C23H22ClN3O2/c1-14-15(2)26-21-12-17(7-10-20(21)25-14)23(29)27-11-3-4-18(13-27)22(28)16-5-8-19(24)9-6-16/h5-10,12,18H,3-4,11,13H2,1-2H3. The van der Waals surface area contributed by atoms with Crippen molar-refractivity contribution in [2.75, 3.05) is 13.1 Å². The van der Waals surface area contributed by atoms with Crippen molar-refractivity contribution in [3.63, 3.8) is 0 Å². The topological polar surface area (TPSA) is 63.2 Å². The van der Waals surface area contributed by atoms with Gasteiger partial charge < -0.3 is 4.90 Å². The molecule has 3 aromatic rings. The zero-order valence-electron chi connectivity index (χ0n) is 16.5. The van der Waals surface area contributed by atoms with Crippen molar-refractivity contribution in [3.05, 3.63) is 70.0 Å². The number of ketones is 1. The van der Waals surface area contributed by atoms with Crippen molar-refractivity contribution in [1.29, 1.82) is 0 Å². The first kappa shape index (κ1) is 19.5. The fourth-order valence-electron chi connectivity index (χ4n) is 3.77. The lowest BCUT2D eigenvalue weighted by Gasteiger charge is -2.32. The van der Waals surface area contributed by atoms with Gasteiger partial charge in [-0.3, -0.25) is 9.59 Å². The largest absolute Gasteiger partial charge is 0.338 e. The predicted octanol–water partition coefficient (Wildman–Crippen LogP) is 4.64. The molecule has 0 bridgehead atoms. The number of carbonyl (C=O) groups is 2. The Hall–Kier alpha value is -2.79. The first-order valence-corrected chi connectivity index (χ1v) is 10.1. The number of Topliss-reactive ketones (excluding diaryl/α,β-unsaturated/α-hetero) is 1. The average molecular weight is 408 g/mol. The summed E-state index contributed by atoms with van der Waals surface area (Å²) < 4.78 is 0. The Morgan fingerprint density at radius 3 is 2.34 bits per heavy atom. The molecule has 1 aliphatic rings. The summed E-state index contributed by atoms with van der Waals surface area (Å²) in [6.45, 7) is 4.91. The highest BCUT2D eigenvalue weighted by Crippen LogP contribution is 2.24. The average Bonchev–Trinajstić information content (AvgIpc) is 2.74. The van der Waals surface area contributed by atoms with Gasteiger partial charge in [0.15, 0.2) is 5.78 Å². The highest BCUT2D eigenvalue weighted by atomic mass is 35.5. The molecule has 4 rings (SSSR count). The molecule has 1 unspecified atom stereocenters. The summed E-state index contributed by atoms with van der Waals surface area (Å²) in [7, 11) is 0. The van der Waals surface area contributed by atoms with Gasteiger partial charge in [-0.25, -0.2) is 9.97 Å². The van der Waals surface area contributed by atoms with Gasteiger partial charge in [-0.15, -0.1) is 0 Å². The maximum absolute atomic E-state index is 13.1. The van der Waals surface area contributed by atoms with Gasteiger partial charge in [0.05, 0.1) is 22.4 Å². The first-order valence-electron chi connectivity index (χ1n) is 9.76. The van der Waals surface area contributed by atoms with Crippen LogP contribution < -0.4 is 0 Å². The Balaban J connectivity index is 1.54. The number of aryl methyl sites for hydroxylation is 2. The number of amides is 1. The Morgan fingerprint density at radius 2 is 1.62 bits per heavy atom. The number of carbonyl (C=O) groups excluding carboxylic acids is 2. The number of nitrogens with zero attached hydrogens (tertiary/aromatic N) is 3. The number of halogens is 1. The maximum Gasteiger partial charge on any atom is 0.253 e. The number of hydrogen-bond acceptors (Lipinski definition) is 4. The summed E-state index contributed by atoms with van der Waals surface area (Å²) in [5.74, 6) is -0.200. The van der Waals surface area contributed by atoms with E-state index >= 15 is 0 Å². The molecule has 148 valence electrons. The SMILES string of the molecule is Cc1nc2ccc(C(=O)N3CCCC(C(=O)c4ccc(Cl)cc4)C3)cc2nc1C. The van der Waals surface area contributed by atoms with Gasteiger partial charge in [0.2, 0.25) is 0 Å². The normalized spacial score (nSPS) is 16.8. The van der Waals surface area contributed by atoms with Gasteiger partial charge in [0, 0.05) is 35.2 Å². The molecule has 6 heteroatoms. The number of benzene rings is 2. The Labute approximate surface area is 174 Å². The van der Waals surface area contributed by atoms with E-state index in [0.717, 1.165) is 29.7 Å². The Morgan fingerprint density at radius 1 is 0.966 bits per heavy atom. The predicted molar refractivity (Wildman–Crippen MR) is 113 cm³/mol. The second kappa shape index (κ2) is 7.91. The van der Waals surface area contributed by atoms with Crippen LogP contribution in [-0.2, 0) is 0 Å². The van der Waals surface area contributed by atoms with Crippen molar-refractivity contribution in [2.45, 2.75) is 26.7 Å². The molecule has 1 aliphatic heterocycles. The molecule has 0 N–H and O–H groups in total. The Bertz CT molecular complexity index is 1100. The summed E-state index contributed by atoms with van der Waals surface area (Å²) in [6, 6.07) is 12.4. The number of rotatable bonds is 3. The summed E-state index contributed by atoms with van der Waals surface area (Å²) in [5.41, 5.74) is 4.45. The van der Waals surface area contributed by atoms with Gasteiger partial charge in [-0.2, -0.15) is 0 Å². The van der Waals surface area contributed by atoms with Crippen molar-refractivity contribution < 1.29 is 9.59 Å². The third-order valence-corrected chi connectivity index (χ3v) is 5.78. The molecule has 1 fully saturated rings. The van der Waals surface area contributed by atoms with Gasteiger partial charge in [0.25, 0.3) is 5.91 Å². The van der Waals surface area contributed by atoms with E-state index in [4.69, 9.17) is 11.6 Å². The lowest BCUT2D eigenvalue weighted by molar-refractivity contribution is 0.0637. The van der Waals surface area contributed by atoms with Crippen LogP contribution in [0.1, 0.15) is 44.9 Å². The molecule has 2 aromatic carbocycles. The minimum Gasteiger partial charge on any atom is -0.338 e. The molecular formula is C23H22ClN3O2. The molecule has 29 heavy (non-hydrogen) atoms. The summed E-state index contributed by atoms with van der Waals surface area (Å²) >= 11 is 5.92. The zero-order valence-corrected chi connectivity index (χ0v) is 17.2. The van der Waals surface area contributed by atoms with E-state index in [-0.39, 0.29) is 17.6 Å². The van der Waals surface area contributed by atoms with Crippen molar-refractivity contribution in [1.82, 2.24) is 14.9 Å². The summed E-state index contributed by atoms with van der Waals surface area (Å²) in [4.78, 5) is 36.8. The van der Waals surface area contributed by atoms with Crippen LogP contribution >= 0.6 is 11.6 Å². The molecule has 0 radical (unpaired) electrons. The highest BCUT2D eigenvalue weighted by molar-refractivity contribution is 6.30. The van der Waals surface area contributed by atoms with E-state index in [0.29, 0.717) is 34.8 Å². The number of aromatic nitrogens is 2. The van der Waals surface area contributed by atoms with Crippen molar-refractivity contribution in [2.24, 2.45) is 5.92 Å². The van der Waals surface area contributed by atoms with Crippen LogP contribution in [0.15, 0.2) is 42.5 Å². The summed E-state index contributed by atoms with van der Waals surface area (Å²) in [6.07, 6.45) is 1.59. The zero-order chi connectivity index (χ0) is 20.5. The van der Waals surface area contributed by atoms with Gasteiger partial charge in [0.1, 0.15) is 0 Å². The van der Waals surface area contributed by atoms with Gasteiger partial charge in [-0.05, 0) is 69.2 Å². The van der Waals surface area contributed by atoms with Crippen LogP contribution in [0.2, 0.25) is 5.02 Å². The minimum atomic E-state index is -0.195. The van der Waals surface area contributed by atoms with Crippen LogP contribution in [0.25, 0.3) is 11.0 Å². The number of hydrogen-bond donors (Lipinski definition) is 0. The van der Waals surface area contributed by atoms with E-state index < -0.39 is 0 Å². The van der Waals surface area contributed by atoms with Gasteiger partial charge >= 0.3 is 0 Å². The molecule has 1 aromatic heterocycles. The van der Waals surface area contributed by atoms with Crippen LogP contribution in [0, 0.1) is 19.8 Å². The monoisotopic (exact) mass is 407 g/mol. The van der Waals surface area contributed by atoms with Crippen LogP contribution in [0.3, 0.4) is 0 Å². The van der Waals surface area contributed by atoms with E-state index in [1.54, 1.807) is 41.3 Å². The van der Waals surface area contributed by atoms with Gasteiger partial charge in [-0.1, -0.05) is 11.6 Å². The third kappa shape index (κ3) is 4.01. The molecular weight excluding hydrogens is 386 g/mol. The van der Waals surface area contributed by atoms with E-state index in [2.05, 4.69) is 9.97 Å². The third-order valence-electron chi connectivity index (χ3n) is 5.53. The molecule has 5 nitrogen and oxygen atoms in total. The quantitative estimate of drug-likeness (QED) is 0.593. The molecule has 2 heterocycles. The molecule has 0 aliphatic carbocycles. The second-order valence-electron chi connectivity index (χ2n) is 7.56. The van der Waals surface area contributed by atoms with E-state index in [1.807, 2.05) is 19.9 Å². The van der Waals surface area contributed by atoms with Crippen LogP contribution in [0.4, 0.5) is 0 Å². The first-order chi connectivity index (χ1) is 13.9. The van der Waals surface area contributed by atoms with E-state index in [9.17, 15) is 9.59 Å². The number of fused-ring (bicyclic) bond motifs is 1. The highest BCUT2D eigenvalue weighted by Gasteiger charge is 2.29. The lowest BCUT2D eigenvalue weighted by Crippen LogP contribution is -2.42. The fraction of sp³-hybridized carbons (Fsp3) is 0.304. The molecule has 0 saturated carbocycles. The summed E-state index contributed by atoms with van der Waals surface area (Å²) in [5, 5.41) is 0.604. The smallest absolute Gasteiger partial charge is 0.253 e. The second-order valence-corrected chi connectivity index (χ2v) is 8.00. The van der Waals surface area contributed by atoms with Crippen LogP contribution in [-0.4, -0.2) is 39.6 Å². The maximum atomic E-state index is 13.1.